The number of ether oxygens (including phenoxy) is 2. The molecule has 1 saturated heterocycles. The zero-order valence-corrected chi connectivity index (χ0v) is 13.5. The van der Waals surface area contributed by atoms with Gasteiger partial charge in [-0.25, -0.2) is 4.98 Å². The highest BCUT2D eigenvalue weighted by Crippen LogP contribution is 2.22. The lowest BCUT2D eigenvalue weighted by Crippen LogP contribution is -2.34. The molecular weight excluding hydrogens is 272 g/mol. The van der Waals surface area contributed by atoms with Crippen LogP contribution in [0.3, 0.4) is 0 Å². The molecule has 0 spiro atoms. The van der Waals surface area contributed by atoms with E-state index in [1.165, 1.54) is 0 Å². The van der Waals surface area contributed by atoms with E-state index in [4.69, 9.17) is 9.47 Å². The summed E-state index contributed by atoms with van der Waals surface area (Å²) < 4.78 is 11.7. The number of nitrogens with zero attached hydrogens (tertiary/aromatic N) is 1. The molecule has 1 aromatic rings. The molecular formula is C15H26N2O2S. The third kappa shape index (κ3) is 5.13. The standard InChI is InChI=1S/C15H26N2O2S/c1-4-5-16-8-15-17-13(10-20-15)9-18-14-6-11(2)19-12(3)7-14/h10-12,14,16H,4-9H2,1-3H3. The molecule has 0 saturated carbocycles. The summed E-state index contributed by atoms with van der Waals surface area (Å²) in [6.07, 6.45) is 4.03. The van der Waals surface area contributed by atoms with E-state index >= 15 is 0 Å². The maximum Gasteiger partial charge on any atom is 0.107 e. The van der Waals surface area contributed by atoms with E-state index in [9.17, 15) is 0 Å². The molecule has 1 fully saturated rings. The van der Waals surface area contributed by atoms with Crippen LogP contribution < -0.4 is 5.32 Å². The second-order valence-electron chi connectivity index (χ2n) is 5.57. The van der Waals surface area contributed by atoms with Crippen LogP contribution in [-0.2, 0) is 22.6 Å². The summed E-state index contributed by atoms with van der Waals surface area (Å²) in [6, 6.07) is 0. The van der Waals surface area contributed by atoms with Crippen molar-refractivity contribution in [3.8, 4) is 0 Å². The number of hydrogen-bond acceptors (Lipinski definition) is 5. The second kappa shape index (κ2) is 8.08. The number of aromatic nitrogens is 1. The molecule has 0 aliphatic carbocycles. The van der Waals surface area contributed by atoms with Gasteiger partial charge in [0.15, 0.2) is 0 Å². The van der Waals surface area contributed by atoms with Gasteiger partial charge in [-0.15, -0.1) is 11.3 Å². The Morgan fingerprint density at radius 3 is 2.85 bits per heavy atom. The predicted octanol–water partition coefficient (Wildman–Crippen LogP) is 3.12. The van der Waals surface area contributed by atoms with Crippen LogP contribution in [-0.4, -0.2) is 29.8 Å². The number of hydrogen-bond donors (Lipinski definition) is 1. The van der Waals surface area contributed by atoms with Crippen molar-refractivity contribution in [2.45, 2.75) is 71.5 Å². The van der Waals surface area contributed by atoms with Gasteiger partial charge in [0.2, 0.25) is 0 Å². The monoisotopic (exact) mass is 298 g/mol. The van der Waals surface area contributed by atoms with Crippen molar-refractivity contribution in [3.63, 3.8) is 0 Å². The van der Waals surface area contributed by atoms with Crippen molar-refractivity contribution in [1.29, 1.82) is 0 Å². The van der Waals surface area contributed by atoms with E-state index < -0.39 is 0 Å². The molecule has 0 radical (unpaired) electrons. The third-order valence-corrected chi connectivity index (χ3v) is 4.32. The smallest absolute Gasteiger partial charge is 0.107 e. The maximum absolute atomic E-state index is 5.99. The minimum Gasteiger partial charge on any atom is -0.375 e. The van der Waals surface area contributed by atoms with Crippen molar-refractivity contribution in [3.05, 3.63) is 16.1 Å². The number of nitrogens with one attached hydrogen (secondary N) is 1. The number of thiazole rings is 1. The quantitative estimate of drug-likeness (QED) is 0.786. The molecule has 5 heteroatoms. The van der Waals surface area contributed by atoms with E-state index in [1.807, 2.05) is 0 Å². The first-order valence-electron chi connectivity index (χ1n) is 7.58. The fourth-order valence-electron chi connectivity index (χ4n) is 2.55. The molecule has 4 nitrogen and oxygen atoms in total. The highest BCUT2D eigenvalue weighted by Gasteiger charge is 2.25. The van der Waals surface area contributed by atoms with Gasteiger partial charge >= 0.3 is 0 Å². The van der Waals surface area contributed by atoms with Crippen LogP contribution in [0, 0.1) is 0 Å². The Morgan fingerprint density at radius 1 is 1.40 bits per heavy atom. The number of rotatable bonds is 7. The van der Waals surface area contributed by atoms with Gasteiger partial charge in [0, 0.05) is 11.9 Å². The fraction of sp³-hybridized carbons (Fsp3) is 0.800. The Labute approximate surface area is 125 Å². The van der Waals surface area contributed by atoms with Gasteiger partial charge in [-0.05, 0) is 39.7 Å². The van der Waals surface area contributed by atoms with Crippen LogP contribution in [0.15, 0.2) is 5.38 Å². The van der Waals surface area contributed by atoms with E-state index in [0.717, 1.165) is 43.1 Å². The summed E-state index contributed by atoms with van der Waals surface area (Å²) in [5, 5.41) is 6.62. The molecule has 1 N–H and O–H groups in total. The average molecular weight is 298 g/mol. The maximum atomic E-state index is 5.99. The largest absolute Gasteiger partial charge is 0.375 e. The van der Waals surface area contributed by atoms with E-state index in [1.54, 1.807) is 11.3 Å². The van der Waals surface area contributed by atoms with Gasteiger partial charge in [-0.3, -0.25) is 0 Å². The first kappa shape index (κ1) is 15.9. The van der Waals surface area contributed by atoms with E-state index in [0.29, 0.717) is 24.9 Å². The van der Waals surface area contributed by atoms with Crippen molar-refractivity contribution < 1.29 is 9.47 Å². The van der Waals surface area contributed by atoms with Gasteiger partial charge in [0.25, 0.3) is 0 Å². The van der Waals surface area contributed by atoms with Crippen LogP contribution >= 0.6 is 11.3 Å². The predicted molar refractivity (Wildman–Crippen MR) is 81.9 cm³/mol. The van der Waals surface area contributed by atoms with Crippen molar-refractivity contribution in [2.24, 2.45) is 0 Å². The summed E-state index contributed by atoms with van der Waals surface area (Å²) in [5.41, 5.74) is 1.05. The Hall–Kier alpha value is -0.490. The summed E-state index contributed by atoms with van der Waals surface area (Å²) in [5.74, 6) is 0. The molecule has 2 unspecified atom stereocenters. The summed E-state index contributed by atoms with van der Waals surface area (Å²) in [6.45, 7) is 8.93. The lowest BCUT2D eigenvalue weighted by Gasteiger charge is -2.31. The van der Waals surface area contributed by atoms with E-state index in [-0.39, 0.29) is 0 Å². The van der Waals surface area contributed by atoms with Gasteiger partial charge in [0.05, 0.1) is 30.6 Å². The van der Waals surface area contributed by atoms with Crippen LogP contribution in [0.1, 0.15) is 50.7 Å². The molecule has 1 aliphatic rings. The van der Waals surface area contributed by atoms with Gasteiger partial charge < -0.3 is 14.8 Å². The minimum absolute atomic E-state index is 0.299. The SMILES string of the molecule is CCCNCc1nc(COC2CC(C)OC(C)C2)cs1. The Morgan fingerprint density at radius 2 is 2.15 bits per heavy atom. The highest BCUT2D eigenvalue weighted by molar-refractivity contribution is 7.09. The molecule has 0 aromatic carbocycles. The minimum atomic E-state index is 0.299. The molecule has 0 bridgehead atoms. The molecule has 114 valence electrons. The molecule has 2 atom stereocenters. The van der Waals surface area contributed by atoms with Gasteiger partial charge in [-0.1, -0.05) is 6.92 Å². The zero-order valence-electron chi connectivity index (χ0n) is 12.7. The third-order valence-electron chi connectivity index (χ3n) is 3.42. The topological polar surface area (TPSA) is 43.4 Å². The van der Waals surface area contributed by atoms with Gasteiger partial charge in [0.1, 0.15) is 5.01 Å². The summed E-state index contributed by atoms with van der Waals surface area (Å²) in [7, 11) is 0. The van der Waals surface area contributed by atoms with Crippen LogP contribution in [0.4, 0.5) is 0 Å². The second-order valence-corrected chi connectivity index (χ2v) is 6.51. The van der Waals surface area contributed by atoms with Crippen molar-refractivity contribution in [2.75, 3.05) is 6.54 Å². The van der Waals surface area contributed by atoms with Crippen LogP contribution in [0.2, 0.25) is 0 Å². The summed E-state index contributed by atoms with van der Waals surface area (Å²) in [4.78, 5) is 4.60. The fourth-order valence-corrected chi connectivity index (χ4v) is 3.30. The molecule has 1 aliphatic heterocycles. The average Bonchev–Trinajstić information content (AvgIpc) is 2.84. The molecule has 1 aromatic heterocycles. The molecule has 0 amide bonds. The first-order valence-corrected chi connectivity index (χ1v) is 8.46. The lowest BCUT2D eigenvalue weighted by molar-refractivity contribution is -0.106. The van der Waals surface area contributed by atoms with Crippen molar-refractivity contribution in [1.82, 2.24) is 10.3 Å². The first-order chi connectivity index (χ1) is 9.67. The van der Waals surface area contributed by atoms with E-state index in [2.05, 4.69) is 36.5 Å². The molecule has 2 heterocycles. The Kier molecular flexibility index (Phi) is 6.42. The lowest BCUT2D eigenvalue weighted by atomic mass is 10.0. The Balaban J connectivity index is 1.73. The zero-order chi connectivity index (χ0) is 14.4. The summed E-state index contributed by atoms with van der Waals surface area (Å²) >= 11 is 1.71. The van der Waals surface area contributed by atoms with Crippen LogP contribution in [0.5, 0.6) is 0 Å². The van der Waals surface area contributed by atoms with Gasteiger partial charge in [-0.2, -0.15) is 0 Å². The molecule has 20 heavy (non-hydrogen) atoms. The van der Waals surface area contributed by atoms with Crippen LogP contribution in [0.25, 0.3) is 0 Å². The molecule has 2 rings (SSSR count). The highest BCUT2D eigenvalue weighted by atomic mass is 32.1. The normalized spacial score (nSPS) is 26.9. The van der Waals surface area contributed by atoms with Crippen molar-refractivity contribution >= 4 is 11.3 Å². The Bertz CT molecular complexity index is 387.